The Morgan fingerprint density at radius 2 is 1.87 bits per heavy atom. The summed E-state index contributed by atoms with van der Waals surface area (Å²) in [6, 6.07) is 9.97. The molecule has 1 heterocycles. The minimum absolute atomic E-state index is 0.276. The van der Waals surface area contributed by atoms with Crippen molar-refractivity contribution >= 4 is 5.78 Å². The fourth-order valence-corrected chi connectivity index (χ4v) is 2.24. The second kappa shape index (κ2) is 3.09. The van der Waals surface area contributed by atoms with Gasteiger partial charge in [-0.25, -0.2) is 0 Å². The molecule has 3 rings (SSSR count). The minimum Gasteiger partial charge on any atom is -0.361 e. The predicted octanol–water partition coefficient (Wildman–Crippen LogP) is 2.81. The number of hydrogen-bond donors (Lipinski definition) is 1. The van der Waals surface area contributed by atoms with Crippen LogP contribution in [0.1, 0.15) is 22.3 Å². The highest BCUT2D eigenvalue weighted by molar-refractivity contribution is 6.02. The number of carbonyl (C=O) groups is 1. The highest BCUT2D eigenvalue weighted by Gasteiger charge is 2.22. The summed E-state index contributed by atoms with van der Waals surface area (Å²) < 4.78 is 0. The van der Waals surface area contributed by atoms with Crippen molar-refractivity contribution in [3.8, 4) is 11.3 Å². The molecule has 2 heteroatoms. The smallest absolute Gasteiger partial charge is 0.163 e. The molecular formula is C13H11NO. The molecule has 0 spiro atoms. The van der Waals surface area contributed by atoms with E-state index in [0.717, 1.165) is 17.7 Å². The molecule has 2 aromatic rings. The zero-order valence-electron chi connectivity index (χ0n) is 8.29. The van der Waals surface area contributed by atoms with E-state index in [1.165, 1.54) is 11.1 Å². The first-order chi connectivity index (χ1) is 7.36. The Morgan fingerprint density at radius 3 is 2.67 bits per heavy atom. The topological polar surface area (TPSA) is 32.9 Å². The fourth-order valence-electron chi connectivity index (χ4n) is 2.24. The number of fused-ring (bicyclic) bond motifs is 1. The van der Waals surface area contributed by atoms with Crippen LogP contribution in [0.4, 0.5) is 0 Å². The maximum absolute atomic E-state index is 11.6. The number of Topliss-reactive ketones (excluding diaryl/α,β-unsaturated/α-hetero) is 1. The highest BCUT2D eigenvalue weighted by atomic mass is 16.1. The summed E-state index contributed by atoms with van der Waals surface area (Å²) in [4.78, 5) is 14.8. The van der Waals surface area contributed by atoms with Gasteiger partial charge in [-0.05, 0) is 24.1 Å². The number of aromatic nitrogens is 1. The molecule has 0 fully saturated rings. The Labute approximate surface area is 87.9 Å². The SMILES string of the molecule is O=C1CCc2c1cccc2-c1ccc[nH]1. The molecule has 2 nitrogen and oxygen atoms in total. The lowest BCUT2D eigenvalue weighted by Crippen LogP contribution is -1.92. The lowest BCUT2D eigenvalue weighted by Gasteiger charge is -2.05. The minimum atomic E-state index is 0.276. The first-order valence-electron chi connectivity index (χ1n) is 5.15. The molecule has 0 unspecified atom stereocenters. The molecule has 0 saturated carbocycles. The third-order valence-electron chi connectivity index (χ3n) is 2.97. The lowest BCUT2D eigenvalue weighted by atomic mass is 10.0. The molecule has 1 N–H and O–H groups in total. The average Bonchev–Trinajstić information content (AvgIpc) is 2.88. The summed E-state index contributed by atoms with van der Waals surface area (Å²) >= 11 is 0. The maximum atomic E-state index is 11.6. The molecule has 1 aliphatic rings. The Kier molecular flexibility index (Phi) is 1.75. The van der Waals surface area contributed by atoms with Crippen molar-refractivity contribution in [2.75, 3.05) is 0 Å². The number of carbonyl (C=O) groups excluding carboxylic acids is 1. The summed E-state index contributed by atoms with van der Waals surface area (Å²) in [5, 5.41) is 0. The standard InChI is InChI=1S/C13H11NO/c15-13-7-6-9-10(3-1-4-11(9)13)12-5-2-8-14-12/h1-5,8,14H,6-7H2. The van der Waals surface area contributed by atoms with Gasteiger partial charge in [0, 0.05) is 29.4 Å². The summed E-state index contributed by atoms with van der Waals surface area (Å²) in [5.74, 6) is 0.276. The van der Waals surface area contributed by atoms with Crippen LogP contribution in [0.5, 0.6) is 0 Å². The number of ketones is 1. The number of nitrogens with one attached hydrogen (secondary N) is 1. The van der Waals surface area contributed by atoms with Crippen LogP contribution in [-0.4, -0.2) is 10.8 Å². The second-order valence-electron chi connectivity index (χ2n) is 3.84. The van der Waals surface area contributed by atoms with Crippen molar-refractivity contribution in [3.05, 3.63) is 47.7 Å². The molecule has 0 aliphatic heterocycles. The van der Waals surface area contributed by atoms with Gasteiger partial charge in [0.2, 0.25) is 0 Å². The van der Waals surface area contributed by atoms with Gasteiger partial charge in [0.1, 0.15) is 0 Å². The van der Waals surface area contributed by atoms with Crippen molar-refractivity contribution in [1.29, 1.82) is 0 Å². The van der Waals surface area contributed by atoms with Gasteiger partial charge in [0.25, 0.3) is 0 Å². The lowest BCUT2D eigenvalue weighted by molar-refractivity contribution is 0.0994. The predicted molar refractivity (Wildman–Crippen MR) is 58.9 cm³/mol. The molecule has 0 radical (unpaired) electrons. The summed E-state index contributed by atoms with van der Waals surface area (Å²) in [5.41, 5.74) is 4.37. The molecule has 1 aromatic carbocycles. The molecule has 0 amide bonds. The monoisotopic (exact) mass is 197 g/mol. The van der Waals surface area contributed by atoms with Crippen LogP contribution in [0.2, 0.25) is 0 Å². The number of H-pyrrole nitrogens is 1. The van der Waals surface area contributed by atoms with Gasteiger partial charge in [-0.2, -0.15) is 0 Å². The van der Waals surface area contributed by atoms with Gasteiger partial charge in [-0.3, -0.25) is 4.79 Å². The number of aromatic amines is 1. The van der Waals surface area contributed by atoms with Crippen LogP contribution in [0.15, 0.2) is 36.5 Å². The van der Waals surface area contributed by atoms with Crippen molar-refractivity contribution in [2.24, 2.45) is 0 Å². The molecule has 74 valence electrons. The third-order valence-corrected chi connectivity index (χ3v) is 2.97. The van der Waals surface area contributed by atoms with Gasteiger partial charge in [0.05, 0.1) is 0 Å². The molecule has 1 aliphatic carbocycles. The Hall–Kier alpha value is -1.83. The van der Waals surface area contributed by atoms with Gasteiger partial charge in [-0.1, -0.05) is 18.2 Å². The van der Waals surface area contributed by atoms with E-state index in [2.05, 4.69) is 11.1 Å². The van der Waals surface area contributed by atoms with Crippen LogP contribution < -0.4 is 0 Å². The maximum Gasteiger partial charge on any atom is 0.163 e. The highest BCUT2D eigenvalue weighted by Crippen LogP contribution is 2.31. The normalized spacial score (nSPS) is 14.3. The zero-order chi connectivity index (χ0) is 10.3. The molecule has 0 bridgehead atoms. The quantitative estimate of drug-likeness (QED) is 0.749. The van der Waals surface area contributed by atoms with E-state index in [1.54, 1.807) is 0 Å². The van der Waals surface area contributed by atoms with Gasteiger partial charge >= 0.3 is 0 Å². The van der Waals surface area contributed by atoms with E-state index < -0.39 is 0 Å². The van der Waals surface area contributed by atoms with Crippen molar-refractivity contribution in [2.45, 2.75) is 12.8 Å². The van der Waals surface area contributed by atoms with E-state index in [1.807, 2.05) is 30.5 Å². The van der Waals surface area contributed by atoms with Crippen LogP contribution in [0.25, 0.3) is 11.3 Å². The fraction of sp³-hybridized carbons (Fsp3) is 0.154. The van der Waals surface area contributed by atoms with E-state index in [9.17, 15) is 4.79 Å². The van der Waals surface area contributed by atoms with Gasteiger partial charge in [0.15, 0.2) is 5.78 Å². The number of benzene rings is 1. The third kappa shape index (κ3) is 1.22. The van der Waals surface area contributed by atoms with Crippen molar-refractivity contribution in [3.63, 3.8) is 0 Å². The van der Waals surface area contributed by atoms with E-state index in [4.69, 9.17) is 0 Å². The Morgan fingerprint density at radius 1 is 1.00 bits per heavy atom. The summed E-state index contributed by atoms with van der Waals surface area (Å²) in [7, 11) is 0. The molecule has 1 aromatic heterocycles. The summed E-state index contributed by atoms with van der Waals surface area (Å²) in [6.45, 7) is 0. The number of rotatable bonds is 1. The van der Waals surface area contributed by atoms with E-state index in [-0.39, 0.29) is 5.78 Å². The van der Waals surface area contributed by atoms with E-state index >= 15 is 0 Å². The molecule has 0 atom stereocenters. The van der Waals surface area contributed by atoms with Crippen LogP contribution in [0.3, 0.4) is 0 Å². The first kappa shape index (κ1) is 8.48. The zero-order valence-corrected chi connectivity index (χ0v) is 8.29. The van der Waals surface area contributed by atoms with Gasteiger partial charge in [-0.15, -0.1) is 0 Å². The van der Waals surface area contributed by atoms with Crippen LogP contribution in [0, 0.1) is 0 Å². The molecule has 0 saturated heterocycles. The number of hydrogen-bond acceptors (Lipinski definition) is 1. The molecule has 15 heavy (non-hydrogen) atoms. The largest absolute Gasteiger partial charge is 0.361 e. The molecular weight excluding hydrogens is 186 g/mol. The summed E-state index contributed by atoms with van der Waals surface area (Å²) in [6.07, 6.45) is 3.45. The van der Waals surface area contributed by atoms with Crippen LogP contribution >= 0.6 is 0 Å². The second-order valence-corrected chi connectivity index (χ2v) is 3.84. The van der Waals surface area contributed by atoms with Gasteiger partial charge < -0.3 is 4.98 Å². The first-order valence-corrected chi connectivity index (χ1v) is 5.15. The Bertz CT molecular complexity index is 511. The van der Waals surface area contributed by atoms with Crippen molar-refractivity contribution < 1.29 is 4.79 Å². The van der Waals surface area contributed by atoms with Crippen molar-refractivity contribution in [1.82, 2.24) is 4.98 Å². The van der Waals surface area contributed by atoms with E-state index in [0.29, 0.717) is 6.42 Å². The Balaban J connectivity index is 2.23. The van der Waals surface area contributed by atoms with Crippen LogP contribution in [-0.2, 0) is 6.42 Å². The average molecular weight is 197 g/mol.